The Labute approximate surface area is 165 Å². The standard InChI is InChI=1S/C20H24N2O5S/c1-5-27-16-9-6-14(7-10-16)18-13-17(21-22(18)28(4,23)24)15-8-11-19(25-2)20(12-15)26-3/h6-12,18H,5,13H2,1-4H3/t18-/m1/s1. The van der Waals surface area contributed by atoms with Gasteiger partial charge in [-0.2, -0.15) is 9.52 Å². The van der Waals surface area contributed by atoms with E-state index in [9.17, 15) is 8.42 Å². The zero-order valence-corrected chi connectivity index (χ0v) is 17.2. The lowest BCUT2D eigenvalue weighted by molar-refractivity contribution is 0.339. The van der Waals surface area contributed by atoms with E-state index >= 15 is 0 Å². The summed E-state index contributed by atoms with van der Waals surface area (Å²) in [5, 5.41) is 4.41. The second kappa shape index (κ2) is 8.10. The van der Waals surface area contributed by atoms with E-state index in [1.165, 1.54) is 4.41 Å². The van der Waals surface area contributed by atoms with E-state index in [4.69, 9.17) is 14.2 Å². The zero-order chi connectivity index (χ0) is 20.3. The highest BCUT2D eigenvalue weighted by molar-refractivity contribution is 7.88. The Balaban J connectivity index is 1.95. The van der Waals surface area contributed by atoms with E-state index < -0.39 is 16.1 Å². The maximum absolute atomic E-state index is 12.3. The lowest BCUT2D eigenvalue weighted by atomic mass is 9.99. The first-order valence-electron chi connectivity index (χ1n) is 8.89. The molecule has 0 aliphatic carbocycles. The molecule has 1 aliphatic rings. The van der Waals surface area contributed by atoms with Crippen LogP contribution < -0.4 is 14.2 Å². The lowest BCUT2D eigenvalue weighted by Crippen LogP contribution is -2.25. The average Bonchev–Trinajstić information content (AvgIpc) is 3.14. The summed E-state index contributed by atoms with van der Waals surface area (Å²) in [5.41, 5.74) is 2.32. The Kier molecular flexibility index (Phi) is 5.79. The molecule has 150 valence electrons. The van der Waals surface area contributed by atoms with Crippen LogP contribution in [0.15, 0.2) is 47.6 Å². The van der Waals surface area contributed by atoms with E-state index in [0.29, 0.717) is 30.2 Å². The van der Waals surface area contributed by atoms with Crippen molar-refractivity contribution in [2.75, 3.05) is 27.1 Å². The van der Waals surface area contributed by atoms with Crippen molar-refractivity contribution in [1.82, 2.24) is 4.41 Å². The molecule has 0 saturated heterocycles. The molecule has 0 amide bonds. The number of rotatable bonds is 7. The maximum atomic E-state index is 12.3. The Hall–Kier alpha value is -2.74. The van der Waals surface area contributed by atoms with E-state index in [1.54, 1.807) is 26.4 Å². The monoisotopic (exact) mass is 404 g/mol. The van der Waals surface area contributed by atoms with Crippen LogP contribution in [0.4, 0.5) is 0 Å². The first kappa shape index (κ1) is 20.0. The third-order valence-corrected chi connectivity index (χ3v) is 5.52. The number of benzene rings is 2. The highest BCUT2D eigenvalue weighted by Crippen LogP contribution is 2.37. The van der Waals surface area contributed by atoms with Gasteiger partial charge in [0.05, 0.1) is 38.8 Å². The molecular formula is C20H24N2O5S. The largest absolute Gasteiger partial charge is 0.494 e. The van der Waals surface area contributed by atoms with Crippen molar-refractivity contribution >= 4 is 15.7 Å². The van der Waals surface area contributed by atoms with Crippen molar-refractivity contribution in [2.24, 2.45) is 5.10 Å². The minimum absolute atomic E-state index is 0.409. The first-order chi connectivity index (χ1) is 13.4. The molecule has 3 rings (SSSR count). The summed E-state index contributed by atoms with van der Waals surface area (Å²) in [4.78, 5) is 0. The van der Waals surface area contributed by atoms with Gasteiger partial charge < -0.3 is 14.2 Å². The molecule has 0 bridgehead atoms. The van der Waals surface area contributed by atoms with Gasteiger partial charge in [0.15, 0.2) is 11.5 Å². The Morgan fingerprint density at radius 3 is 2.32 bits per heavy atom. The second-order valence-electron chi connectivity index (χ2n) is 6.37. The normalized spacial score (nSPS) is 16.6. The van der Waals surface area contributed by atoms with Gasteiger partial charge in [-0.15, -0.1) is 0 Å². The maximum Gasteiger partial charge on any atom is 0.247 e. The van der Waals surface area contributed by atoms with Gasteiger partial charge in [0, 0.05) is 12.0 Å². The number of sulfonamides is 1. The van der Waals surface area contributed by atoms with Gasteiger partial charge in [0.1, 0.15) is 5.75 Å². The lowest BCUT2D eigenvalue weighted by Gasteiger charge is -2.21. The van der Waals surface area contributed by atoms with Crippen LogP contribution in [0.25, 0.3) is 0 Å². The van der Waals surface area contributed by atoms with Gasteiger partial charge >= 0.3 is 0 Å². The van der Waals surface area contributed by atoms with Crippen molar-refractivity contribution in [3.8, 4) is 17.2 Å². The van der Waals surface area contributed by atoms with Gasteiger partial charge in [-0.3, -0.25) is 0 Å². The summed E-state index contributed by atoms with van der Waals surface area (Å²) in [6.07, 6.45) is 1.62. The molecule has 0 unspecified atom stereocenters. The first-order valence-corrected chi connectivity index (χ1v) is 10.7. The zero-order valence-electron chi connectivity index (χ0n) is 16.4. The molecule has 0 fully saturated rings. The molecule has 1 heterocycles. The Bertz CT molecular complexity index is 971. The van der Waals surface area contributed by atoms with Gasteiger partial charge in [0.2, 0.25) is 10.0 Å². The van der Waals surface area contributed by atoms with E-state index in [0.717, 1.165) is 23.1 Å². The van der Waals surface area contributed by atoms with E-state index in [2.05, 4.69) is 5.10 Å². The minimum atomic E-state index is -3.53. The summed E-state index contributed by atoms with van der Waals surface area (Å²) in [6.45, 7) is 2.49. The number of hydrogen-bond acceptors (Lipinski definition) is 6. The molecule has 0 spiro atoms. The molecule has 0 radical (unpaired) electrons. The van der Waals surface area contributed by atoms with E-state index in [-0.39, 0.29) is 0 Å². The number of ether oxygens (including phenoxy) is 3. The third kappa shape index (κ3) is 4.06. The predicted molar refractivity (Wildman–Crippen MR) is 108 cm³/mol. The van der Waals surface area contributed by atoms with Crippen LogP contribution in [0.5, 0.6) is 17.2 Å². The smallest absolute Gasteiger partial charge is 0.247 e. The highest BCUT2D eigenvalue weighted by atomic mass is 32.2. The number of hydrogen-bond donors (Lipinski definition) is 0. The van der Waals surface area contributed by atoms with E-state index in [1.807, 2.05) is 37.3 Å². The Morgan fingerprint density at radius 2 is 1.75 bits per heavy atom. The molecular weight excluding hydrogens is 380 g/mol. The quantitative estimate of drug-likeness (QED) is 0.708. The predicted octanol–water partition coefficient (Wildman–Crippen LogP) is 3.21. The fourth-order valence-corrected chi connectivity index (χ4v) is 4.09. The number of methoxy groups -OCH3 is 2. The fourth-order valence-electron chi connectivity index (χ4n) is 3.19. The molecule has 0 saturated carbocycles. The van der Waals surface area contributed by atoms with Crippen LogP contribution in [0, 0.1) is 0 Å². The van der Waals surface area contributed by atoms with Crippen LogP contribution in [0.3, 0.4) is 0 Å². The average molecular weight is 404 g/mol. The Morgan fingerprint density at radius 1 is 1.07 bits per heavy atom. The highest BCUT2D eigenvalue weighted by Gasteiger charge is 2.34. The molecule has 1 aliphatic heterocycles. The van der Waals surface area contributed by atoms with Crippen LogP contribution in [-0.4, -0.2) is 45.6 Å². The van der Waals surface area contributed by atoms with Crippen molar-refractivity contribution in [1.29, 1.82) is 0 Å². The van der Waals surface area contributed by atoms with Gasteiger partial charge in [-0.25, -0.2) is 8.42 Å². The van der Waals surface area contributed by atoms with Gasteiger partial charge in [-0.1, -0.05) is 12.1 Å². The SMILES string of the molecule is CCOc1ccc([C@H]2CC(c3ccc(OC)c(OC)c3)=NN2S(C)(=O)=O)cc1. The topological polar surface area (TPSA) is 77.4 Å². The van der Waals surface area contributed by atoms with Crippen molar-refractivity contribution in [3.63, 3.8) is 0 Å². The fraction of sp³-hybridized carbons (Fsp3) is 0.350. The molecule has 7 nitrogen and oxygen atoms in total. The number of nitrogens with zero attached hydrogens (tertiary/aromatic N) is 2. The van der Waals surface area contributed by atoms with Crippen LogP contribution >= 0.6 is 0 Å². The third-order valence-electron chi connectivity index (χ3n) is 4.51. The summed E-state index contributed by atoms with van der Waals surface area (Å²) >= 11 is 0. The van der Waals surface area contributed by atoms with Crippen LogP contribution in [-0.2, 0) is 10.0 Å². The van der Waals surface area contributed by atoms with Crippen molar-refractivity contribution < 1.29 is 22.6 Å². The van der Waals surface area contributed by atoms with Crippen molar-refractivity contribution in [2.45, 2.75) is 19.4 Å². The molecule has 0 aromatic heterocycles. The molecule has 1 atom stereocenters. The van der Waals surface area contributed by atoms with Crippen LogP contribution in [0.2, 0.25) is 0 Å². The molecule has 2 aromatic rings. The van der Waals surface area contributed by atoms with Gasteiger partial charge in [-0.05, 0) is 42.8 Å². The van der Waals surface area contributed by atoms with Gasteiger partial charge in [0.25, 0.3) is 0 Å². The molecule has 28 heavy (non-hydrogen) atoms. The molecule has 8 heteroatoms. The second-order valence-corrected chi connectivity index (χ2v) is 8.21. The number of hydrazone groups is 1. The summed E-state index contributed by atoms with van der Waals surface area (Å²) in [5.74, 6) is 1.92. The van der Waals surface area contributed by atoms with Crippen molar-refractivity contribution in [3.05, 3.63) is 53.6 Å². The summed E-state index contributed by atoms with van der Waals surface area (Å²) in [7, 11) is -0.404. The molecule has 0 N–H and O–H groups in total. The minimum Gasteiger partial charge on any atom is -0.494 e. The summed E-state index contributed by atoms with van der Waals surface area (Å²) < 4.78 is 41.9. The van der Waals surface area contributed by atoms with Crippen LogP contribution in [0.1, 0.15) is 30.5 Å². The molecule has 2 aromatic carbocycles. The summed E-state index contributed by atoms with van der Waals surface area (Å²) in [6, 6.07) is 12.5.